The fraction of sp³-hybridized carbons (Fsp3) is 0.583. The minimum absolute atomic E-state index is 0.657. The summed E-state index contributed by atoms with van der Waals surface area (Å²) in [5.41, 5.74) is 2.70. The molecule has 2 nitrogen and oxygen atoms in total. The molecular formula is C12H13ClN2. The van der Waals surface area contributed by atoms with Crippen molar-refractivity contribution >= 4 is 11.6 Å². The van der Waals surface area contributed by atoms with Crippen molar-refractivity contribution in [3.05, 3.63) is 28.5 Å². The van der Waals surface area contributed by atoms with Crippen molar-refractivity contribution < 1.29 is 0 Å². The molecule has 4 heterocycles. The number of fused-ring (bicyclic) bond motifs is 2. The second-order valence-electron chi connectivity index (χ2n) is 4.99. The lowest BCUT2D eigenvalue weighted by Crippen LogP contribution is -2.34. The molecule has 2 saturated heterocycles. The lowest BCUT2D eigenvalue weighted by Gasteiger charge is -2.31. The SMILES string of the molecule is Clc1ccc2c(n1)[C@H]1C[C@@H]3CC[C@H]1N3C2. The van der Waals surface area contributed by atoms with Crippen LogP contribution in [0.15, 0.2) is 12.1 Å². The third-order valence-electron chi connectivity index (χ3n) is 4.36. The summed E-state index contributed by atoms with van der Waals surface area (Å²) in [6, 6.07) is 5.68. The maximum absolute atomic E-state index is 5.99. The van der Waals surface area contributed by atoms with Crippen LogP contribution in [0.4, 0.5) is 0 Å². The Morgan fingerprint density at radius 3 is 3.20 bits per heavy atom. The van der Waals surface area contributed by atoms with E-state index in [1.807, 2.05) is 6.07 Å². The first-order chi connectivity index (χ1) is 7.33. The fourth-order valence-corrected chi connectivity index (χ4v) is 3.93. The quantitative estimate of drug-likeness (QED) is 0.625. The zero-order valence-corrected chi connectivity index (χ0v) is 9.24. The smallest absolute Gasteiger partial charge is 0.129 e. The first-order valence-corrected chi connectivity index (χ1v) is 6.12. The van der Waals surface area contributed by atoms with Crippen molar-refractivity contribution in [3.63, 3.8) is 0 Å². The standard InChI is InChI=1S/C12H13ClN2/c13-11-4-1-7-6-15-8-2-3-10(15)9(5-8)12(7)14-11/h1,4,8-10H,2-3,5-6H2/t8-,9-,10+/m0/s1. The summed E-state index contributed by atoms with van der Waals surface area (Å²) in [5, 5.41) is 0.657. The van der Waals surface area contributed by atoms with Crippen molar-refractivity contribution in [2.24, 2.45) is 0 Å². The molecule has 3 heteroatoms. The fourth-order valence-electron chi connectivity index (χ4n) is 3.77. The predicted molar refractivity (Wildman–Crippen MR) is 59.0 cm³/mol. The molecule has 1 aromatic heterocycles. The second kappa shape index (κ2) is 2.74. The van der Waals surface area contributed by atoms with Gasteiger partial charge in [-0.3, -0.25) is 4.90 Å². The summed E-state index contributed by atoms with van der Waals surface area (Å²) in [5.74, 6) is 0.672. The molecule has 4 atom stereocenters. The van der Waals surface area contributed by atoms with Gasteiger partial charge in [0.25, 0.3) is 0 Å². The molecule has 3 aliphatic rings. The van der Waals surface area contributed by atoms with E-state index in [2.05, 4.69) is 16.0 Å². The number of hydrogen-bond acceptors (Lipinski definition) is 2. The molecule has 0 N–H and O–H groups in total. The van der Waals surface area contributed by atoms with E-state index in [4.69, 9.17) is 11.6 Å². The summed E-state index contributed by atoms with van der Waals surface area (Å²) in [6.07, 6.45) is 4.07. The van der Waals surface area contributed by atoms with Crippen LogP contribution in [0.25, 0.3) is 0 Å². The number of aromatic nitrogens is 1. The Bertz CT molecular complexity index is 432. The normalized spacial score (nSPS) is 40.6. The highest BCUT2D eigenvalue weighted by Gasteiger charge is 2.50. The third-order valence-corrected chi connectivity index (χ3v) is 4.57. The number of hydrogen-bond donors (Lipinski definition) is 0. The molecule has 3 aliphatic heterocycles. The molecule has 1 aromatic rings. The van der Waals surface area contributed by atoms with E-state index in [0.29, 0.717) is 11.1 Å². The summed E-state index contributed by atoms with van der Waals surface area (Å²) < 4.78 is 0. The lowest BCUT2D eigenvalue weighted by atomic mass is 9.84. The van der Waals surface area contributed by atoms with Crippen LogP contribution in [0.5, 0.6) is 0 Å². The monoisotopic (exact) mass is 220 g/mol. The highest BCUT2D eigenvalue weighted by atomic mass is 35.5. The number of rotatable bonds is 0. The van der Waals surface area contributed by atoms with Crippen molar-refractivity contribution in [2.75, 3.05) is 0 Å². The van der Waals surface area contributed by atoms with Crippen molar-refractivity contribution in [1.82, 2.24) is 9.88 Å². The van der Waals surface area contributed by atoms with Crippen LogP contribution < -0.4 is 0 Å². The molecule has 4 rings (SSSR count). The van der Waals surface area contributed by atoms with Gasteiger partial charge < -0.3 is 0 Å². The largest absolute Gasteiger partial charge is 0.292 e. The Morgan fingerprint density at radius 2 is 2.27 bits per heavy atom. The van der Waals surface area contributed by atoms with E-state index in [9.17, 15) is 0 Å². The van der Waals surface area contributed by atoms with E-state index in [-0.39, 0.29) is 0 Å². The summed E-state index contributed by atoms with van der Waals surface area (Å²) in [4.78, 5) is 7.23. The van der Waals surface area contributed by atoms with E-state index in [0.717, 1.165) is 18.6 Å². The molecule has 78 valence electrons. The van der Waals surface area contributed by atoms with Gasteiger partial charge >= 0.3 is 0 Å². The molecule has 0 saturated carbocycles. The van der Waals surface area contributed by atoms with Crippen molar-refractivity contribution in [3.8, 4) is 0 Å². The molecule has 4 bridgehead atoms. The number of halogens is 1. The Labute approximate surface area is 94.3 Å². The molecule has 0 spiro atoms. The molecule has 0 radical (unpaired) electrons. The molecule has 2 fully saturated rings. The summed E-state index contributed by atoms with van der Waals surface area (Å²) in [7, 11) is 0. The van der Waals surface area contributed by atoms with E-state index in [1.165, 1.54) is 30.5 Å². The summed E-state index contributed by atoms with van der Waals surface area (Å²) in [6.45, 7) is 1.10. The van der Waals surface area contributed by atoms with Gasteiger partial charge in [-0.2, -0.15) is 0 Å². The van der Waals surface area contributed by atoms with Crippen LogP contribution >= 0.6 is 11.6 Å². The first kappa shape index (κ1) is 8.54. The third kappa shape index (κ3) is 1.02. The van der Waals surface area contributed by atoms with Crippen LogP contribution in [0.1, 0.15) is 36.4 Å². The van der Waals surface area contributed by atoms with E-state index >= 15 is 0 Å². The molecule has 0 aromatic carbocycles. The highest BCUT2D eigenvalue weighted by Crippen LogP contribution is 2.51. The highest BCUT2D eigenvalue weighted by molar-refractivity contribution is 6.29. The van der Waals surface area contributed by atoms with Crippen LogP contribution in [0.3, 0.4) is 0 Å². The van der Waals surface area contributed by atoms with Gasteiger partial charge in [-0.1, -0.05) is 17.7 Å². The molecule has 0 amide bonds. The minimum atomic E-state index is 0.657. The van der Waals surface area contributed by atoms with Crippen LogP contribution in [-0.4, -0.2) is 22.0 Å². The maximum Gasteiger partial charge on any atom is 0.129 e. The molecule has 1 unspecified atom stereocenters. The van der Waals surface area contributed by atoms with Gasteiger partial charge in [0, 0.05) is 24.5 Å². The van der Waals surface area contributed by atoms with Gasteiger partial charge in [0.05, 0.1) is 5.69 Å². The topological polar surface area (TPSA) is 16.1 Å². The van der Waals surface area contributed by atoms with Gasteiger partial charge in [0.1, 0.15) is 5.15 Å². The van der Waals surface area contributed by atoms with Gasteiger partial charge in [-0.25, -0.2) is 4.98 Å². The Hall–Kier alpha value is -0.600. The summed E-state index contributed by atoms with van der Waals surface area (Å²) >= 11 is 5.99. The van der Waals surface area contributed by atoms with Gasteiger partial charge in [-0.15, -0.1) is 0 Å². The average Bonchev–Trinajstić information content (AvgIpc) is 2.75. The van der Waals surface area contributed by atoms with Crippen molar-refractivity contribution in [2.45, 2.75) is 43.8 Å². The minimum Gasteiger partial charge on any atom is -0.292 e. The lowest BCUT2D eigenvalue weighted by molar-refractivity contribution is 0.225. The van der Waals surface area contributed by atoms with Gasteiger partial charge in [0.2, 0.25) is 0 Å². The van der Waals surface area contributed by atoms with Crippen LogP contribution in [0, 0.1) is 0 Å². The van der Waals surface area contributed by atoms with E-state index in [1.54, 1.807) is 0 Å². The Morgan fingerprint density at radius 1 is 1.33 bits per heavy atom. The van der Waals surface area contributed by atoms with Crippen molar-refractivity contribution in [1.29, 1.82) is 0 Å². The zero-order valence-electron chi connectivity index (χ0n) is 8.49. The number of nitrogens with zero attached hydrogens (tertiary/aromatic N) is 2. The average molecular weight is 221 g/mol. The zero-order chi connectivity index (χ0) is 9.99. The van der Waals surface area contributed by atoms with E-state index < -0.39 is 0 Å². The molecule has 0 aliphatic carbocycles. The first-order valence-electron chi connectivity index (χ1n) is 5.74. The van der Waals surface area contributed by atoms with Crippen LogP contribution in [-0.2, 0) is 6.54 Å². The second-order valence-corrected chi connectivity index (χ2v) is 5.38. The predicted octanol–water partition coefficient (Wildman–Crippen LogP) is 2.57. The van der Waals surface area contributed by atoms with Crippen LogP contribution in [0.2, 0.25) is 5.15 Å². The maximum atomic E-state index is 5.99. The Balaban J connectivity index is 1.88. The number of pyridine rings is 1. The van der Waals surface area contributed by atoms with Gasteiger partial charge in [0.15, 0.2) is 0 Å². The molecule has 15 heavy (non-hydrogen) atoms. The van der Waals surface area contributed by atoms with Gasteiger partial charge in [-0.05, 0) is 30.9 Å². The Kier molecular flexibility index (Phi) is 1.56. The molecular weight excluding hydrogens is 208 g/mol.